The number of anilines is 1. The summed E-state index contributed by atoms with van der Waals surface area (Å²) in [6.07, 6.45) is 3.51. The van der Waals surface area contributed by atoms with E-state index < -0.39 is 12.6 Å². The van der Waals surface area contributed by atoms with E-state index in [1.54, 1.807) is 24.3 Å². The average molecular weight is 292 g/mol. The van der Waals surface area contributed by atoms with Gasteiger partial charge in [-0.1, -0.05) is 19.4 Å². The number of amides is 2. The van der Waals surface area contributed by atoms with Gasteiger partial charge in [0.1, 0.15) is 5.75 Å². The number of carbonyl (C=O) groups excluding carboxylic acids is 1. The Morgan fingerprint density at radius 3 is 2.76 bits per heavy atom. The number of carboxylic acid groups (broad SMARTS) is 1. The van der Waals surface area contributed by atoms with E-state index in [4.69, 9.17) is 9.84 Å². The van der Waals surface area contributed by atoms with Crippen LogP contribution < -0.4 is 15.4 Å². The van der Waals surface area contributed by atoms with Crippen molar-refractivity contribution in [2.24, 2.45) is 5.41 Å². The Morgan fingerprint density at radius 2 is 2.14 bits per heavy atom. The number of carbonyl (C=O) groups is 2. The first-order valence-corrected chi connectivity index (χ1v) is 6.96. The molecule has 0 saturated heterocycles. The summed E-state index contributed by atoms with van der Waals surface area (Å²) in [5, 5.41) is 14.1. The van der Waals surface area contributed by atoms with E-state index in [0.717, 1.165) is 12.8 Å². The van der Waals surface area contributed by atoms with Crippen molar-refractivity contribution in [3.63, 3.8) is 0 Å². The minimum atomic E-state index is -1.04. The maximum atomic E-state index is 11.8. The standard InChI is InChI=1S/C15H20N2O4/c1-15(6-3-7-15)10-16-14(20)17-11-4-2-5-12(8-11)21-9-13(18)19/h2,4-5,8H,3,6-7,9-10H2,1H3,(H,18,19)(H2,16,17,20). The molecule has 0 aliphatic heterocycles. The first-order chi connectivity index (χ1) is 9.97. The van der Waals surface area contributed by atoms with Gasteiger partial charge in [-0.2, -0.15) is 0 Å². The molecule has 0 heterocycles. The summed E-state index contributed by atoms with van der Waals surface area (Å²) in [4.78, 5) is 22.3. The lowest BCUT2D eigenvalue weighted by molar-refractivity contribution is -0.139. The molecule has 1 aliphatic carbocycles. The molecule has 1 saturated carbocycles. The fourth-order valence-corrected chi connectivity index (χ4v) is 2.23. The zero-order valence-corrected chi connectivity index (χ0v) is 12.0. The Balaban J connectivity index is 1.82. The molecule has 0 bridgehead atoms. The van der Waals surface area contributed by atoms with Crippen molar-refractivity contribution in [1.82, 2.24) is 5.32 Å². The van der Waals surface area contributed by atoms with E-state index >= 15 is 0 Å². The van der Waals surface area contributed by atoms with E-state index in [2.05, 4.69) is 17.6 Å². The Bertz CT molecular complexity index is 526. The van der Waals surface area contributed by atoms with Gasteiger partial charge >= 0.3 is 12.0 Å². The molecule has 0 atom stereocenters. The predicted octanol–water partition coefficient (Wildman–Crippen LogP) is 2.46. The predicted molar refractivity (Wildman–Crippen MR) is 78.6 cm³/mol. The van der Waals surface area contributed by atoms with Gasteiger partial charge in [-0.05, 0) is 30.4 Å². The molecule has 114 valence electrons. The maximum absolute atomic E-state index is 11.8. The number of aliphatic carboxylic acids is 1. The van der Waals surface area contributed by atoms with Gasteiger partial charge in [0.05, 0.1) is 0 Å². The Morgan fingerprint density at radius 1 is 1.38 bits per heavy atom. The van der Waals surface area contributed by atoms with Crippen LogP contribution >= 0.6 is 0 Å². The van der Waals surface area contributed by atoms with Crippen LogP contribution in [-0.4, -0.2) is 30.3 Å². The van der Waals surface area contributed by atoms with Crippen LogP contribution in [0.15, 0.2) is 24.3 Å². The summed E-state index contributed by atoms with van der Waals surface area (Å²) < 4.78 is 5.06. The molecule has 0 radical (unpaired) electrons. The molecule has 6 heteroatoms. The molecule has 2 amide bonds. The number of urea groups is 1. The van der Waals surface area contributed by atoms with Crippen LogP contribution in [0.1, 0.15) is 26.2 Å². The molecule has 0 aromatic heterocycles. The number of rotatable bonds is 6. The molecule has 1 aromatic rings. The fraction of sp³-hybridized carbons (Fsp3) is 0.467. The summed E-state index contributed by atoms with van der Waals surface area (Å²) in [5.74, 6) is -0.638. The number of nitrogens with one attached hydrogen (secondary N) is 2. The van der Waals surface area contributed by atoms with E-state index in [9.17, 15) is 9.59 Å². The van der Waals surface area contributed by atoms with Gasteiger partial charge in [-0.3, -0.25) is 0 Å². The first-order valence-electron chi connectivity index (χ1n) is 6.96. The lowest BCUT2D eigenvalue weighted by atomic mass is 9.70. The minimum absolute atomic E-state index is 0.226. The van der Waals surface area contributed by atoms with E-state index in [-0.39, 0.29) is 11.4 Å². The fourth-order valence-electron chi connectivity index (χ4n) is 2.23. The second-order valence-corrected chi connectivity index (χ2v) is 5.68. The van der Waals surface area contributed by atoms with Crippen LogP contribution in [0.3, 0.4) is 0 Å². The summed E-state index contributed by atoms with van der Waals surface area (Å²) in [7, 11) is 0. The Labute approximate surface area is 123 Å². The molecular formula is C15H20N2O4. The Kier molecular flexibility index (Phi) is 4.67. The van der Waals surface area contributed by atoms with Crippen molar-refractivity contribution >= 4 is 17.7 Å². The van der Waals surface area contributed by atoms with Crippen LogP contribution in [0, 0.1) is 5.41 Å². The summed E-state index contributed by atoms with van der Waals surface area (Å²) in [5.41, 5.74) is 0.790. The van der Waals surface area contributed by atoms with Crippen LogP contribution in [0.4, 0.5) is 10.5 Å². The maximum Gasteiger partial charge on any atom is 0.341 e. The second-order valence-electron chi connectivity index (χ2n) is 5.68. The van der Waals surface area contributed by atoms with E-state index in [1.807, 2.05) is 0 Å². The third-order valence-corrected chi connectivity index (χ3v) is 3.69. The SMILES string of the molecule is CC1(CNC(=O)Nc2cccc(OCC(=O)O)c2)CCC1. The second kappa shape index (κ2) is 6.47. The molecule has 1 aliphatic rings. The molecule has 21 heavy (non-hydrogen) atoms. The van der Waals surface area contributed by atoms with Crippen LogP contribution in [-0.2, 0) is 4.79 Å². The Hall–Kier alpha value is -2.24. The first kappa shape index (κ1) is 15.2. The third-order valence-electron chi connectivity index (χ3n) is 3.69. The van der Waals surface area contributed by atoms with Crippen molar-refractivity contribution in [1.29, 1.82) is 0 Å². The molecule has 6 nitrogen and oxygen atoms in total. The number of hydrogen-bond acceptors (Lipinski definition) is 3. The van der Waals surface area contributed by atoms with Gasteiger partial charge in [0, 0.05) is 18.3 Å². The van der Waals surface area contributed by atoms with Crippen LogP contribution in [0.2, 0.25) is 0 Å². The highest BCUT2D eigenvalue weighted by atomic mass is 16.5. The van der Waals surface area contributed by atoms with Crippen molar-refractivity contribution < 1.29 is 19.4 Å². The number of hydrogen-bond donors (Lipinski definition) is 3. The normalized spacial score (nSPS) is 15.7. The molecule has 1 fully saturated rings. The van der Waals surface area contributed by atoms with Gasteiger partial charge in [0.2, 0.25) is 0 Å². The highest BCUT2D eigenvalue weighted by Gasteiger charge is 2.31. The van der Waals surface area contributed by atoms with Crippen LogP contribution in [0.25, 0.3) is 0 Å². The van der Waals surface area contributed by atoms with Crippen LogP contribution in [0.5, 0.6) is 5.75 Å². The number of ether oxygens (including phenoxy) is 1. The van der Waals surface area contributed by atoms with Crippen molar-refractivity contribution in [3.05, 3.63) is 24.3 Å². The number of benzene rings is 1. The highest BCUT2D eigenvalue weighted by Crippen LogP contribution is 2.39. The molecule has 0 unspecified atom stereocenters. The molecule has 2 rings (SSSR count). The van der Waals surface area contributed by atoms with E-state index in [1.165, 1.54) is 6.42 Å². The van der Waals surface area contributed by atoms with Crippen molar-refractivity contribution in [2.75, 3.05) is 18.5 Å². The van der Waals surface area contributed by atoms with Gasteiger partial charge in [0.15, 0.2) is 6.61 Å². The molecular weight excluding hydrogens is 272 g/mol. The van der Waals surface area contributed by atoms with Crippen molar-refractivity contribution in [3.8, 4) is 5.75 Å². The smallest absolute Gasteiger partial charge is 0.341 e. The third kappa shape index (κ3) is 4.66. The molecule has 1 aromatic carbocycles. The summed E-state index contributed by atoms with van der Waals surface area (Å²) in [6, 6.07) is 6.38. The zero-order valence-electron chi connectivity index (χ0n) is 12.0. The average Bonchev–Trinajstić information content (AvgIpc) is 2.41. The molecule has 0 spiro atoms. The summed E-state index contributed by atoms with van der Waals surface area (Å²) in [6.45, 7) is 2.42. The van der Waals surface area contributed by atoms with Gasteiger partial charge < -0.3 is 20.5 Å². The van der Waals surface area contributed by atoms with Gasteiger partial charge in [-0.25, -0.2) is 9.59 Å². The lowest BCUT2D eigenvalue weighted by Gasteiger charge is -2.38. The molecule has 3 N–H and O–H groups in total. The number of carboxylic acids is 1. The van der Waals surface area contributed by atoms with E-state index in [0.29, 0.717) is 18.0 Å². The monoisotopic (exact) mass is 292 g/mol. The van der Waals surface area contributed by atoms with Gasteiger partial charge in [0.25, 0.3) is 0 Å². The highest BCUT2D eigenvalue weighted by molar-refractivity contribution is 5.89. The topological polar surface area (TPSA) is 87.7 Å². The minimum Gasteiger partial charge on any atom is -0.482 e. The largest absolute Gasteiger partial charge is 0.482 e. The summed E-state index contributed by atoms with van der Waals surface area (Å²) >= 11 is 0. The van der Waals surface area contributed by atoms with Crippen molar-refractivity contribution in [2.45, 2.75) is 26.2 Å². The zero-order chi connectivity index (χ0) is 15.3. The van der Waals surface area contributed by atoms with Gasteiger partial charge in [-0.15, -0.1) is 0 Å². The quantitative estimate of drug-likeness (QED) is 0.751. The lowest BCUT2D eigenvalue weighted by Crippen LogP contribution is -2.41.